The second kappa shape index (κ2) is 36.5. The SMILES string of the molecule is CC1(C)c2ccccc2-c2ccc(N3c4c(sc5ccccc45)B(c4ccccc4)c4sc5ccccc5c43)cc21.c1ccc(B2c3sc4ccccc4c3N(c3ccc(-c4ccccc4)cc3)c3c2sc2ccccc32)cc1.c1ccc(B2c3sc4ccccc4c3N(c3ccc4sc5ccccc5c4c3)c3c2sc2ccccc32)cc1.c1ccc(B2c3sc4ccccc4c3N(c3ccccc3)c3c2sc2ccccc32)cc1. The van der Waals surface area contributed by atoms with E-state index in [4.69, 9.17) is 0 Å². The number of hydrogen-bond donors (Lipinski definition) is 0. The molecule has 1 aliphatic carbocycles. The highest BCUT2D eigenvalue weighted by atomic mass is 32.1. The zero-order valence-electron chi connectivity index (χ0n) is 81.5. The Balaban J connectivity index is 0.0000000922. The van der Waals surface area contributed by atoms with E-state index in [9.17, 15) is 0 Å². The molecular formula is C133H86B4N4S9. The number of para-hydroxylation sites is 1. The maximum absolute atomic E-state index is 2.60. The van der Waals surface area contributed by atoms with Crippen molar-refractivity contribution < 1.29 is 0 Å². The summed E-state index contributed by atoms with van der Waals surface area (Å²) in [6.07, 6.45) is 0. The van der Waals surface area contributed by atoms with E-state index in [1.165, 1.54) is 263 Å². The van der Waals surface area contributed by atoms with Gasteiger partial charge < -0.3 is 19.6 Å². The van der Waals surface area contributed by atoms with Crippen LogP contribution in [0.5, 0.6) is 0 Å². The van der Waals surface area contributed by atoms with E-state index in [0.717, 1.165) is 0 Å². The predicted molar refractivity (Wildman–Crippen MR) is 668 cm³/mol. The fourth-order valence-corrected chi connectivity index (χ4v) is 36.3. The van der Waals surface area contributed by atoms with Gasteiger partial charge in [0.2, 0.25) is 0 Å². The third-order valence-corrected chi connectivity index (χ3v) is 41.8. The molecule has 0 amide bonds. The smallest absolute Gasteiger partial charge is 0.272 e. The lowest BCUT2D eigenvalue weighted by molar-refractivity contribution is 0.660. The van der Waals surface area contributed by atoms with E-state index < -0.39 is 0 Å². The summed E-state index contributed by atoms with van der Waals surface area (Å²) in [6.45, 7) is 5.64. The van der Waals surface area contributed by atoms with E-state index in [0.29, 0.717) is 0 Å². The first-order valence-corrected chi connectivity index (χ1v) is 58.5. The maximum Gasteiger partial charge on any atom is 0.272 e. The number of fused-ring (bicyclic) bond motifs is 30. The van der Waals surface area contributed by atoms with Crippen LogP contribution in [0.1, 0.15) is 25.0 Å². The molecule has 0 spiro atoms. The Morgan fingerprint density at radius 2 is 0.380 bits per heavy atom. The Bertz CT molecular complexity index is 9840. The minimum atomic E-state index is -0.0522. The molecule has 28 aromatic rings. The quantitative estimate of drug-likeness (QED) is 0.134. The van der Waals surface area contributed by atoms with Crippen LogP contribution in [0.2, 0.25) is 0 Å². The molecule has 0 bridgehead atoms. The Kier molecular flexibility index (Phi) is 21.8. The standard InChI is InChI=1S/C37H26BNS2.C34H20BNS3.C34H22BNS2.C28H18BNS2/c1-37(2)29-17-9-6-14-25(29)26-21-20-24(22-30(26)37)39-33-27-15-7-10-18-31(27)40-35(33)38(23-12-4-3-5-13-23)36-34(39)28-16-8-11-19-32(28)41-36;1-2-10-21(11-3-1)35-33-31(24-13-5-8-16-28(24)38-33)36(32-25-14-6-9-17-29(25)39-34(32)35)22-18-19-30-26(20-22)23-12-4-7-15-27(23)37-30;1-3-11-23(12-4-1)24-19-21-26(22-20-24)36-31-27-15-7-9-17-29(27)37-33(31)35(25-13-5-2-6-14-25)34-32(36)28-16-8-10-18-30(28)38-34;1-3-11-19(12-4-1)29-27-25(21-15-7-9-17-23(21)31-27)30(20-13-5-2-6-14-20)26-22-16-8-10-18-24(22)32-28(26)29/h3-22H,1-2H3;1-20H;1-22H;1-18H. The number of rotatable bonds is 9. The highest BCUT2D eigenvalue weighted by molar-refractivity contribution is 7.43. The molecular weight excluding hydrogens is 1990 g/mol. The topological polar surface area (TPSA) is 13.0 Å². The van der Waals surface area contributed by atoms with E-state index in [2.05, 4.69) is 519 Å². The van der Waals surface area contributed by atoms with Gasteiger partial charge in [0.25, 0.3) is 26.9 Å². The van der Waals surface area contributed by atoms with Gasteiger partial charge in [-0.25, -0.2) is 0 Å². The molecule has 0 N–H and O–H groups in total. The first kappa shape index (κ1) is 89.7. The normalized spacial score (nSPS) is 13.3. The van der Waals surface area contributed by atoms with E-state index in [1.807, 2.05) is 102 Å². The third-order valence-electron chi connectivity index (χ3n) is 30.9. The second-order valence-corrected chi connectivity index (χ2v) is 49.4. The van der Waals surface area contributed by atoms with E-state index >= 15 is 0 Å². The zero-order chi connectivity index (χ0) is 98.9. The Hall–Kier alpha value is -15.5. The largest absolute Gasteiger partial charge is 0.309 e. The monoisotopic (exact) mass is 2070 g/mol. The fourth-order valence-electron chi connectivity index (χ4n) is 24.3. The van der Waals surface area contributed by atoms with Crippen LogP contribution in [0.3, 0.4) is 0 Å². The molecule has 0 fully saturated rings. The van der Waals surface area contributed by atoms with Crippen molar-refractivity contribution in [3.8, 4) is 22.3 Å². The number of thiophene rings is 9. The highest BCUT2D eigenvalue weighted by Gasteiger charge is 2.48. The van der Waals surface area contributed by atoms with Gasteiger partial charge in [-0.15, -0.1) is 102 Å². The molecule has 4 nitrogen and oxygen atoms in total. The van der Waals surface area contributed by atoms with Crippen molar-refractivity contribution in [3.05, 3.63) is 496 Å². The molecule has 0 radical (unpaired) electrons. The average molecular weight is 2070 g/mol. The van der Waals surface area contributed by atoms with Crippen molar-refractivity contribution in [3.63, 3.8) is 0 Å². The summed E-state index contributed by atoms with van der Waals surface area (Å²) in [5.41, 5.74) is 28.9. The van der Waals surface area contributed by atoms with Gasteiger partial charge in [0.05, 0.1) is 45.5 Å². The highest BCUT2D eigenvalue weighted by Crippen LogP contribution is 2.57. The predicted octanol–water partition coefficient (Wildman–Crippen LogP) is 32.0. The van der Waals surface area contributed by atoms with Crippen LogP contribution in [0.15, 0.2) is 485 Å². The van der Waals surface area contributed by atoms with Crippen LogP contribution in [0.4, 0.5) is 68.2 Å². The molecule has 33 rings (SSSR count). The number of nitrogens with zero attached hydrogens (tertiary/aromatic N) is 4. The maximum atomic E-state index is 2.60. The fraction of sp³-hybridized carbons (Fsp3) is 0.0226. The molecule has 13 heterocycles. The number of anilines is 12. The minimum Gasteiger partial charge on any atom is -0.309 e. The van der Waals surface area contributed by atoms with Gasteiger partial charge in [0.1, 0.15) is 0 Å². The van der Waals surface area contributed by atoms with Crippen LogP contribution in [0, 0.1) is 0 Å². The molecule has 9 aromatic heterocycles. The molecule has 5 aliphatic rings. The first-order valence-electron chi connectivity index (χ1n) is 51.1. The van der Waals surface area contributed by atoms with Crippen LogP contribution in [-0.2, 0) is 5.41 Å². The van der Waals surface area contributed by atoms with Gasteiger partial charge in [0, 0.05) is 167 Å². The van der Waals surface area contributed by atoms with Crippen LogP contribution in [-0.4, -0.2) is 26.9 Å². The van der Waals surface area contributed by atoms with Gasteiger partial charge >= 0.3 is 0 Å². The van der Waals surface area contributed by atoms with Crippen molar-refractivity contribution >= 4 is 358 Å². The molecule has 0 unspecified atom stereocenters. The Morgan fingerprint density at radius 1 is 0.160 bits per heavy atom. The molecule has 0 saturated heterocycles. The molecule has 0 saturated carbocycles. The number of hydrogen-bond acceptors (Lipinski definition) is 13. The lowest BCUT2D eigenvalue weighted by atomic mass is 9.41. The molecule has 17 heteroatoms. The summed E-state index contributed by atoms with van der Waals surface area (Å²) in [5.74, 6) is 0. The summed E-state index contributed by atoms with van der Waals surface area (Å²) in [5, 5.41) is 13.3. The van der Waals surface area contributed by atoms with E-state index in [1.54, 1.807) is 0 Å². The lowest BCUT2D eigenvalue weighted by Crippen LogP contribution is -2.54. The number of benzene rings is 19. The van der Waals surface area contributed by atoms with Gasteiger partial charge in [-0.1, -0.05) is 412 Å². The Labute approximate surface area is 906 Å². The van der Waals surface area contributed by atoms with Gasteiger partial charge in [-0.3, -0.25) is 0 Å². The lowest BCUT2D eigenvalue weighted by Gasteiger charge is -2.34. The summed E-state index contributed by atoms with van der Waals surface area (Å²) >= 11 is 17.4. The Morgan fingerprint density at radius 3 is 0.707 bits per heavy atom. The molecule has 4 aliphatic heterocycles. The van der Waals surface area contributed by atoms with Crippen molar-refractivity contribution in [2.24, 2.45) is 0 Å². The molecule has 150 heavy (non-hydrogen) atoms. The van der Waals surface area contributed by atoms with E-state index in [-0.39, 0.29) is 32.3 Å². The van der Waals surface area contributed by atoms with Crippen LogP contribution < -0.4 is 79.7 Å². The summed E-state index contributed by atoms with van der Waals surface area (Å²) < 4.78 is 24.8. The third kappa shape index (κ3) is 14.4. The molecule has 704 valence electrons. The van der Waals surface area contributed by atoms with Crippen LogP contribution in [0.25, 0.3) is 123 Å². The van der Waals surface area contributed by atoms with Gasteiger partial charge in [0.15, 0.2) is 0 Å². The van der Waals surface area contributed by atoms with Crippen LogP contribution >= 0.6 is 102 Å². The second-order valence-electron chi connectivity index (χ2n) is 39.6. The van der Waals surface area contributed by atoms with Crippen molar-refractivity contribution in [2.75, 3.05) is 19.6 Å². The summed E-state index contributed by atoms with van der Waals surface area (Å²) in [7, 11) is 0. The van der Waals surface area contributed by atoms with Crippen molar-refractivity contribution in [2.45, 2.75) is 19.3 Å². The van der Waals surface area contributed by atoms with Crippen molar-refractivity contribution in [1.82, 2.24) is 0 Å². The van der Waals surface area contributed by atoms with Gasteiger partial charge in [-0.05, 0) is 143 Å². The molecule has 19 aromatic carbocycles. The zero-order valence-corrected chi connectivity index (χ0v) is 88.8. The minimum absolute atomic E-state index is 0.0522. The van der Waals surface area contributed by atoms with Crippen molar-refractivity contribution in [1.29, 1.82) is 0 Å². The first-order chi connectivity index (χ1) is 74.2. The summed E-state index contributed by atoms with van der Waals surface area (Å²) in [4.78, 5) is 10.2. The average Bonchev–Trinajstić information content (AvgIpc) is 1.63. The summed E-state index contributed by atoms with van der Waals surface area (Å²) in [6, 6.07) is 178. The van der Waals surface area contributed by atoms with Gasteiger partial charge in [-0.2, -0.15) is 0 Å². The molecule has 0 atom stereocenters.